The first kappa shape index (κ1) is 14.5. The van der Waals surface area contributed by atoms with Gasteiger partial charge in [0.25, 0.3) is 0 Å². The van der Waals surface area contributed by atoms with Gasteiger partial charge in [0, 0.05) is 24.9 Å². The van der Waals surface area contributed by atoms with E-state index in [0.717, 1.165) is 19.4 Å². The maximum absolute atomic E-state index is 12.1. The Hall–Kier alpha value is -1.39. The number of benzene rings is 1. The van der Waals surface area contributed by atoms with Crippen molar-refractivity contribution < 1.29 is 14.6 Å². The van der Waals surface area contributed by atoms with Gasteiger partial charge in [0.05, 0.1) is 0 Å². The summed E-state index contributed by atoms with van der Waals surface area (Å²) in [6.45, 7) is 3.26. The van der Waals surface area contributed by atoms with Crippen molar-refractivity contribution in [3.05, 3.63) is 35.9 Å². The van der Waals surface area contributed by atoms with Crippen LogP contribution in [0.3, 0.4) is 0 Å². The van der Waals surface area contributed by atoms with Crippen LogP contribution in [-0.2, 0) is 9.53 Å². The molecule has 2 heterocycles. The summed E-state index contributed by atoms with van der Waals surface area (Å²) >= 11 is 0. The van der Waals surface area contributed by atoms with Crippen molar-refractivity contribution in [1.29, 1.82) is 0 Å². The summed E-state index contributed by atoms with van der Waals surface area (Å²) < 4.78 is 5.57. The molecular weight excluding hydrogens is 266 g/mol. The summed E-state index contributed by atoms with van der Waals surface area (Å²) in [5.41, 5.74) is 0.594. The zero-order valence-corrected chi connectivity index (χ0v) is 12.4. The van der Waals surface area contributed by atoms with Gasteiger partial charge in [-0.2, -0.15) is 0 Å². The quantitative estimate of drug-likeness (QED) is 0.864. The summed E-state index contributed by atoms with van der Waals surface area (Å²) in [7, 11) is 0. The second-order valence-electron chi connectivity index (χ2n) is 6.06. The Morgan fingerprint density at radius 1 is 1.29 bits per heavy atom. The number of rotatable bonds is 4. The predicted octanol–water partition coefficient (Wildman–Crippen LogP) is 2.28. The fraction of sp³-hybridized carbons (Fsp3) is 0.588. The van der Waals surface area contributed by atoms with E-state index < -0.39 is 12.1 Å². The van der Waals surface area contributed by atoms with Gasteiger partial charge in [-0.05, 0) is 24.9 Å². The molecule has 2 saturated heterocycles. The van der Waals surface area contributed by atoms with E-state index in [1.54, 1.807) is 12.1 Å². The first-order valence-corrected chi connectivity index (χ1v) is 7.88. The molecule has 1 aromatic carbocycles. The number of carbonyl (C=O) groups excluding carboxylic acids is 1. The van der Waals surface area contributed by atoms with E-state index in [2.05, 4.69) is 11.8 Å². The van der Waals surface area contributed by atoms with Crippen molar-refractivity contribution in [2.24, 2.45) is 0 Å². The van der Waals surface area contributed by atoms with E-state index in [1.165, 1.54) is 12.8 Å². The fourth-order valence-corrected chi connectivity index (χ4v) is 3.84. The molecule has 3 atom stereocenters. The molecule has 1 N–H and O–H groups in total. The van der Waals surface area contributed by atoms with Crippen molar-refractivity contribution in [2.45, 2.75) is 56.9 Å². The minimum atomic E-state index is -1.17. The Morgan fingerprint density at radius 3 is 2.48 bits per heavy atom. The van der Waals surface area contributed by atoms with Crippen LogP contribution in [0.5, 0.6) is 0 Å². The minimum absolute atomic E-state index is 0.0452. The van der Waals surface area contributed by atoms with Crippen molar-refractivity contribution in [3.8, 4) is 0 Å². The Balaban J connectivity index is 1.59. The van der Waals surface area contributed by atoms with Crippen molar-refractivity contribution in [3.63, 3.8) is 0 Å². The largest absolute Gasteiger partial charge is 0.460 e. The normalized spacial score (nSPS) is 30.1. The molecular formula is C17H23NO3. The van der Waals surface area contributed by atoms with E-state index in [9.17, 15) is 9.90 Å². The van der Waals surface area contributed by atoms with E-state index >= 15 is 0 Å². The van der Waals surface area contributed by atoms with Crippen LogP contribution >= 0.6 is 0 Å². The predicted molar refractivity (Wildman–Crippen MR) is 79.7 cm³/mol. The third-order valence-electron chi connectivity index (χ3n) is 4.83. The van der Waals surface area contributed by atoms with Crippen molar-refractivity contribution in [2.75, 3.05) is 6.54 Å². The second-order valence-corrected chi connectivity index (χ2v) is 6.06. The SMILES string of the molecule is CCN1C2CCC1CC(OC(=O)C(O)c1ccccc1)C2. The molecule has 0 radical (unpaired) electrons. The monoisotopic (exact) mass is 289 g/mol. The number of ether oxygens (including phenoxy) is 1. The zero-order chi connectivity index (χ0) is 14.8. The number of hydrogen-bond acceptors (Lipinski definition) is 4. The smallest absolute Gasteiger partial charge is 0.339 e. The van der Waals surface area contributed by atoms with Crippen LogP contribution in [0.25, 0.3) is 0 Å². The summed E-state index contributed by atoms with van der Waals surface area (Å²) in [6.07, 6.45) is 2.99. The second kappa shape index (κ2) is 6.16. The lowest BCUT2D eigenvalue weighted by Gasteiger charge is -2.38. The van der Waals surface area contributed by atoms with Gasteiger partial charge in [-0.1, -0.05) is 37.3 Å². The summed E-state index contributed by atoms with van der Waals surface area (Å²) in [4.78, 5) is 14.6. The van der Waals surface area contributed by atoms with Crippen molar-refractivity contribution in [1.82, 2.24) is 4.90 Å². The van der Waals surface area contributed by atoms with Crippen LogP contribution in [0, 0.1) is 0 Å². The average Bonchev–Trinajstić information content (AvgIpc) is 2.77. The number of hydrogen-bond donors (Lipinski definition) is 1. The molecule has 3 unspecified atom stereocenters. The van der Waals surface area contributed by atoms with Gasteiger partial charge in [-0.3, -0.25) is 4.90 Å². The van der Waals surface area contributed by atoms with Gasteiger partial charge in [0.1, 0.15) is 6.10 Å². The summed E-state index contributed by atoms with van der Waals surface area (Å²) in [6, 6.07) is 10.1. The fourth-order valence-electron chi connectivity index (χ4n) is 3.84. The molecule has 2 aliphatic heterocycles. The molecule has 114 valence electrons. The molecule has 1 aromatic rings. The summed E-state index contributed by atoms with van der Waals surface area (Å²) in [5.74, 6) is -0.518. The molecule has 0 aliphatic carbocycles. The molecule has 4 heteroatoms. The highest BCUT2D eigenvalue weighted by molar-refractivity contribution is 5.76. The van der Waals surface area contributed by atoms with Crippen LogP contribution in [0.15, 0.2) is 30.3 Å². The molecule has 2 fully saturated rings. The van der Waals surface area contributed by atoms with Crippen molar-refractivity contribution >= 4 is 5.97 Å². The third-order valence-corrected chi connectivity index (χ3v) is 4.83. The summed E-state index contributed by atoms with van der Waals surface area (Å²) in [5, 5.41) is 10.1. The molecule has 2 aliphatic rings. The molecule has 0 saturated carbocycles. The Kier molecular flexibility index (Phi) is 4.27. The van der Waals surface area contributed by atoms with E-state index in [-0.39, 0.29) is 6.10 Å². The highest BCUT2D eigenvalue weighted by Gasteiger charge is 2.41. The molecule has 0 amide bonds. The van der Waals surface area contributed by atoms with E-state index in [4.69, 9.17) is 4.74 Å². The number of nitrogens with zero attached hydrogens (tertiary/aromatic N) is 1. The van der Waals surface area contributed by atoms with Gasteiger partial charge < -0.3 is 9.84 Å². The number of aliphatic hydroxyl groups is 1. The zero-order valence-electron chi connectivity index (χ0n) is 12.4. The van der Waals surface area contributed by atoms with E-state index in [0.29, 0.717) is 17.6 Å². The molecule has 2 bridgehead atoms. The Morgan fingerprint density at radius 2 is 1.90 bits per heavy atom. The van der Waals surface area contributed by atoms with Gasteiger partial charge in [-0.15, -0.1) is 0 Å². The number of esters is 1. The van der Waals surface area contributed by atoms with Gasteiger partial charge >= 0.3 is 5.97 Å². The lowest BCUT2D eigenvalue weighted by molar-refractivity contribution is -0.163. The number of carbonyl (C=O) groups is 1. The molecule has 21 heavy (non-hydrogen) atoms. The van der Waals surface area contributed by atoms with Crippen LogP contribution < -0.4 is 0 Å². The minimum Gasteiger partial charge on any atom is -0.460 e. The lowest BCUT2D eigenvalue weighted by atomic mass is 9.99. The average molecular weight is 289 g/mol. The first-order valence-electron chi connectivity index (χ1n) is 7.88. The van der Waals surface area contributed by atoms with Crippen LogP contribution in [0.2, 0.25) is 0 Å². The third kappa shape index (κ3) is 2.97. The van der Waals surface area contributed by atoms with Gasteiger partial charge in [0.15, 0.2) is 6.10 Å². The van der Waals surface area contributed by atoms with E-state index in [1.807, 2.05) is 18.2 Å². The highest BCUT2D eigenvalue weighted by Crippen LogP contribution is 2.36. The molecule has 0 spiro atoms. The maximum atomic E-state index is 12.1. The number of fused-ring (bicyclic) bond motifs is 2. The Bertz CT molecular complexity index is 476. The molecule has 4 nitrogen and oxygen atoms in total. The lowest BCUT2D eigenvalue weighted by Crippen LogP contribution is -2.45. The van der Waals surface area contributed by atoms with Gasteiger partial charge in [-0.25, -0.2) is 4.79 Å². The molecule has 3 rings (SSSR count). The van der Waals surface area contributed by atoms with Crippen LogP contribution in [-0.4, -0.2) is 40.7 Å². The number of aliphatic hydroxyl groups excluding tert-OH is 1. The maximum Gasteiger partial charge on any atom is 0.339 e. The van der Waals surface area contributed by atoms with Crippen LogP contribution in [0.4, 0.5) is 0 Å². The van der Waals surface area contributed by atoms with Gasteiger partial charge in [0.2, 0.25) is 0 Å². The standard InChI is InChI=1S/C17H23NO3/c1-2-18-13-8-9-14(18)11-15(10-13)21-17(20)16(19)12-6-4-3-5-7-12/h3-7,13-16,19H,2,8-11H2,1H3. The number of piperidine rings is 1. The highest BCUT2D eigenvalue weighted by atomic mass is 16.6. The first-order chi connectivity index (χ1) is 10.2. The topological polar surface area (TPSA) is 49.8 Å². The van der Waals surface area contributed by atoms with Crippen LogP contribution in [0.1, 0.15) is 44.3 Å². The molecule has 0 aromatic heterocycles. The Labute approximate surface area is 125 Å².